The highest BCUT2D eigenvalue weighted by atomic mass is 32.2. The number of nitrogens with one attached hydrogen (secondary N) is 1. The molecule has 2 heterocycles. The van der Waals surface area contributed by atoms with Crippen LogP contribution < -0.4 is 5.32 Å². The Balaban J connectivity index is 2.42. The Hall–Kier alpha value is -2.23. The van der Waals surface area contributed by atoms with Crippen molar-refractivity contribution in [3.05, 3.63) is 22.1 Å². The maximum absolute atomic E-state index is 11.2. The molecule has 0 aliphatic heterocycles. The molecule has 9 nitrogen and oxygen atoms in total. The van der Waals surface area contributed by atoms with Gasteiger partial charge < -0.3 is 5.32 Å². The van der Waals surface area contributed by atoms with Crippen molar-refractivity contribution in [3.8, 4) is 0 Å². The Morgan fingerprint density at radius 2 is 2.24 bits per heavy atom. The fraction of sp³-hybridized carbons (Fsp3) is 0.455. The van der Waals surface area contributed by atoms with E-state index in [9.17, 15) is 10.1 Å². The van der Waals surface area contributed by atoms with Crippen LogP contribution >= 0.6 is 11.8 Å². The summed E-state index contributed by atoms with van der Waals surface area (Å²) in [5.74, 6) is 0.379. The van der Waals surface area contributed by atoms with Crippen molar-refractivity contribution >= 4 is 23.4 Å². The summed E-state index contributed by atoms with van der Waals surface area (Å²) < 4.78 is 1.53. The quantitative estimate of drug-likeness (QED) is 0.488. The second kappa shape index (κ2) is 6.48. The number of nitro groups is 1. The number of hydrogen-bond acceptors (Lipinski definition) is 8. The predicted molar refractivity (Wildman–Crippen MR) is 77.3 cm³/mol. The van der Waals surface area contributed by atoms with Crippen LogP contribution in [-0.4, -0.2) is 36.2 Å². The smallest absolute Gasteiger partial charge is 0.322 e. The van der Waals surface area contributed by atoms with Crippen LogP contribution in [0.2, 0.25) is 0 Å². The molecule has 0 amide bonds. The molecule has 2 rings (SSSR count). The Morgan fingerprint density at radius 1 is 1.48 bits per heavy atom. The third-order valence-electron chi connectivity index (χ3n) is 2.60. The second-order valence-electron chi connectivity index (χ2n) is 4.24. The van der Waals surface area contributed by atoms with Crippen LogP contribution in [0.4, 0.5) is 11.6 Å². The number of hydrogen-bond donors (Lipinski definition) is 1. The molecule has 0 aliphatic rings. The van der Waals surface area contributed by atoms with Crippen molar-refractivity contribution < 1.29 is 4.92 Å². The highest BCUT2D eigenvalue weighted by molar-refractivity contribution is 7.99. The molecule has 0 unspecified atom stereocenters. The maximum atomic E-state index is 11.2. The van der Waals surface area contributed by atoms with E-state index >= 15 is 0 Å². The predicted octanol–water partition coefficient (Wildman–Crippen LogP) is 1.79. The lowest BCUT2D eigenvalue weighted by Crippen LogP contribution is -2.08. The lowest BCUT2D eigenvalue weighted by Gasteiger charge is -2.08. The first-order valence-electron chi connectivity index (χ1n) is 6.31. The number of rotatable bonds is 6. The van der Waals surface area contributed by atoms with Gasteiger partial charge in [0.2, 0.25) is 5.95 Å². The van der Waals surface area contributed by atoms with Gasteiger partial charge in [-0.25, -0.2) is 14.6 Å². The molecule has 10 heteroatoms. The van der Waals surface area contributed by atoms with Gasteiger partial charge in [-0.2, -0.15) is 10.1 Å². The third kappa shape index (κ3) is 3.45. The van der Waals surface area contributed by atoms with E-state index in [4.69, 9.17) is 0 Å². The zero-order valence-electron chi connectivity index (χ0n) is 11.9. The molecule has 2 aromatic rings. The Morgan fingerprint density at radius 3 is 2.81 bits per heavy atom. The zero-order chi connectivity index (χ0) is 15.4. The summed E-state index contributed by atoms with van der Waals surface area (Å²) in [5.41, 5.74) is 0.211. The van der Waals surface area contributed by atoms with Gasteiger partial charge in [0.1, 0.15) is 12.0 Å². The van der Waals surface area contributed by atoms with Crippen molar-refractivity contribution in [2.75, 3.05) is 11.9 Å². The maximum Gasteiger partial charge on any atom is 0.322 e. The highest BCUT2D eigenvalue weighted by Crippen LogP contribution is 2.34. The first-order chi connectivity index (χ1) is 10.0. The van der Waals surface area contributed by atoms with Crippen LogP contribution in [0, 0.1) is 17.0 Å². The number of aryl methyl sites for hydroxylation is 2. The molecule has 0 saturated heterocycles. The second-order valence-corrected chi connectivity index (χ2v) is 5.19. The van der Waals surface area contributed by atoms with E-state index in [0.717, 1.165) is 18.2 Å². The van der Waals surface area contributed by atoms with Crippen LogP contribution in [0.3, 0.4) is 0 Å². The number of nitrogens with zero attached hydrogens (tertiary/aromatic N) is 6. The summed E-state index contributed by atoms with van der Waals surface area (Å²) in [6, 6.07) is 0. The SMILES string of the molecule is CCCNc1nc(C)c([N+](=O)[O-])c(Sc2ncnn2C)n1. The first kappa shape index (κ1) is 15.2. The lowest BCUT2D eigenvalue weighted by atomic mass is 10.4. The van der Waals surface area contributed by atoms with Gasteiger partial charge in [0.05, 0.1) is 4.92 Å². The molecule has 21 heavy (non-hydrogen) atoms. The Labute approximate surface area is 125 Å². The molecule has 0 atom stereocenters. The Bertz CT molecular complexity index is 658. The number of aromatic nitrogens is 5. The molecule has 0 spiro atoms. The van der Waals surface area contributed by atoms with E-state index in [1.165, 1.54) is 11.0 Å². The fourth-order valence-electron chi connectivity index (χ4n) is 1.60. The van der Waals surface area contributed by atoms with Gasteiger partial charge in [-0.15, -0.1) is 0 Å². The van der Waals surface area contributed by atoms with Crippen molar-refractivity contribution in [2.45, 2.75) is 30.5 Å². The van der Waals surface area contributed by atoms with Crippen LogP contribution in [0.25, 0.3) is 0 Å². The molecule has 0 saturated carbocycles. The summed E-state index contributed by atoms with van der Waals surface area (Å²) in [5, 5.41) is 19.0. The average molecular weight is 309 g/mol. The largest absolute Gasteiger partial charge is 0.354 e. The summed E-state index contributed by atoms with van der Waals surface area (Å²) in [6.07, 6.45) is 2.30. The highest BCUT2D eigenvalue weighted by Gasteiger charge is 2.24. The summed E-state index contributed by atoms with van der Waals surface area (Å²) >= 11 is 1.09. The van der Waals surface area contributed by atoms with Crippen LogP contribution in [0.15, 0.2) is 16.5 Å². The fourth-order valence-corrected chi connectivity index (χ4v) is 2.51. The molecule has 0 aliphatic carbocycles. The van der Waals surface area contributed by atoms with Gasteiger partial charge in [0.15, 0.2) is 10.2 Å². The topological polar surface area (TPSA) is 112 Å². The van der Waals surface area contributed by atoms with Crippen LogP contribution in [0.5, 0.6) is 0 Å². The van der Waals surface area contributed by atoms with E-state index in [0.29, 0.717) is 23.3 Å². The van der Waals surface area contributed by atoms with Crippen molar-refractivity contribution in [1.82, 2.24) is 24.7 Å². The van der Waals surface area contributed by atoms with Crippen molar-refractivity contribution in [2.24, 2.45) is 7.05 Å². The Kier molecular flexibility index (Phi) is 4.68. The van der Waals surface area contributed by atoms with Gasteiger partial charge in [0, 0.05) is 13.6 Å². The summed E-state index contributed by atoms with van der Waals surface area (Å²) in [7, 11) is 1.71. The van der Waals surface area contributed by atoms with E-state index in [1.807, 2.05) is 6.92 Å². The lowest BCUT2D eigenvalue weighted by molar-refractivity contribution is -0.389. The van der Waals surface area contributed by atoms with E-state index in [1.54, 1.807) is 14.0 Å². The van der Waals surface area contributed by atoms with Crippen molar-refractivity contribution in [1.29, 1.82) is 0 Å². The molecule has 0 bridgehead atoms. The minimum absolute atomic E-state index is 0.106. The van der Waals surface area contributed by atoms with Gasteiger partial charge >= 0.3 is 5.69 Å². The standard InChI is InChI=1S/C11H15N7O2S/c1-4-5-12-10-15-7(2)8(18(19)20)9(16-10)21-11-13-6-14-17(11)3/h6H,4-5H2,1-3H3,(H,12,15,16). The van der Waals surface area contributed by atoms with Crippen LogP contribution in [-0.2, 0) is 7.05 Å². The van der Waals surface area contributed by atoms with Gasteiger partial charge in [-0.1, -0.05) is 6.92 Å². The third-order valence-corrected chi connectivity index (χ3v) is 3.63. The summed E-state index contributed by atoms with van der Waals surface area (Å²) in [4.78, 5) is 23.2. The van der Waals surface area contributed by atoms with E-state index < -0.39 is 4.92 Å². The first-order valence-corrected chi connectivity index (χ1v) is 7.13. The monoisotopic (exact) mass is 309 g/mol. The molecular formula is C11H15N7O2S. The molecule has 0 radical (unpaired) electrons. The van der Waals surface area contributed by atoms with Crippen molar-refractivity contribution in [3.63, 3.8) is 0 Å². The molecule has 2 aromatic heterocycles. The van der Waals surface area contributed by atoms with Gasteiger partial charge in [-0.05, 0) is 25.1 Å². The average Bonchev–Trinajstić information content (AvgIpc) is 2.81. The zero-order valence-corrected chi connectivity index (χ0v) is 12.7. The summed E-state index contributed by atoms with van der Waals surface area (Å²) in [6.45, 7) is 4.31. The van der Waals surface area contributed by atoms with E-state index in [-0.39, 0.29) is 10.7 Å². The minimum Gasteiger partial charge on any atom is -0.354 e. The van der Waals surface area contributed by atoms with Gasteiger partial charge in [0.25, 0.3) is 0 Å². The van der Waals surface area contributed by atoms with Crippen LogP contribution in [0.1, 0.15) is 19.0 Å². The number of anilines is 1. The molecule has 0 aromatic carbocycles. The molecule has 0 fully saturated rings. The van der Waals surface area contributed by atoms with Gasteiger partial charge in [-0.3, -0.25) is 10.1 Å². The molecule has 1 N–H and O–H groups in total. The minimum atomic E-state index is -0.475. The van der Waals surface area contributed by atoms with E-state index in [2.05, 4.69) is 25.4 Å². The normalized spacial score (nSPS) is 10.6. The molecule has 112 valence electrons. The molecular weight excluding hydrogens is 294 g/mol.